The highest BCUT2D eigenvalue weighted by molar-refractivity contribution is 5.52. The normalized spacial score (nSPS) is 11.0. The van der Waals surface area contributed by atoms with Crippen molar-refractivity contribution in [2.75, 3.05) is 0 Å². The van der Waals surface area contributed by atoms with E-state index in [0.717, 1.165) is 19.1 Å². The van der Waals surface area contributed by atoms with Crippen molar-refractivity contribution in [3.63, 3.8) is 0 Å². The molecule has 15 heavy (non-hydrogen) atoms. The lowest BCUT2D eigenvalue weighted by Crippen LogP contribution is -2.08. The minimum atomic E-state index is -4.67. The van der Waals surface area contributed by atoms with Crippen LogP contribution < -0.4 is 0 Å². The molecule has 0 aromatic heterocycles. The van der Waals surface area contributed by atoms with Crippen molar-refractivity contribution in [3.05, 3.63) is 29.1 Å². The van der Waals surface area contributed by atoms with Crippen LogP contribution in [0.2, 0.25) is 0 Å². The van der Waals surface area contributed by atoms with E-state index in [9.17, 15) is 22.4 Å². The zero-order chi connectivity index (χ0) is 11.6. The van der Waals surface area contributed by atoms with Gasteiger partial charge in [-0.15, -0.1) is 0 Å². The van der Waals surface area contributed by atoms with Gasteiger partial charge in [0, 0.05) is 6.07 Å². The van der Waals surface area contributed by atoms with Crippen molar-refractivity contribution in [2.45, 2.75) is 13.1 Å². The Bertz CT molecular complexity index is 432. The molecular formula is C9H5F4NO. The minimum absolute atomic E-state index is 0.402. The van der Waals surface area contributed by atoms with E-state index in [2.05, 4.69) is 4.99 Å². The summed E-state index contributed by atoms with van der Waals surface area (Å²) in [5.74, 6) is -1.06. The Morgan fingerprint density at radius 2 is 1.93 bits per heavy atom. The van der Waals surface area contributed by atoms with E-state index < -0.39 is 28.8 Å². The maximum atomic E-state index is 13.0. The number of aliphatic imine (C=N–C) groups is 1. The highest BCUT2D eigenvalue weighted by Crippen LogP contribution is 2.35. The van der Waals surface area contributed by atoms with Gasteiger partial charge in [0.05, 0.1) is 11.3 Å². The van der Waals surface area contributed by atoms with E-state index in [1.807, 2.05) is 0 Å². The topological polar surface area (TPSA) is 29.4 Å². The minimum Gasteiger partial charge on any atom is -0.211 e. The quantitative estimate of drug-likeness (QED) is 0.405. The Labute approximate surface area is 82.2 Å². The molecule has 0 saturated heterocycles. The van der Waals surface area contributed by atoms with Gasteiger partial charge in [0.15, 0.2) is 0 Å². The zero-order valence-corrected chi connectivity index (χ0v) is 7.52. The number of carbonyl (C=O) groups excluding carboxylic acids is 1. The first kappa shape index (κ1) is 11.4. The molecule has 0 spiro atoms. The lowest BCUT2D eigenvalue weighted by molar-refractivity contribution is -0.138. The Kier molecular flexibility index (Phi) is 2.90. The molecule has 6 heteroatoms. The van der Waals surface area contributed by atoms with Gasteiger partial charge in [-0.3, -0.25) is 0 Å². The van der Waals surface area contributed by atoms with Crippen LogP contribution >= 0.6 is 0 Å². The Hall–Kier alpha value is -1.68. The van der Waals surface area contributed by atoms with Crippen molar-refractivity contribution in [1.29, 1.82) is 0 Å². The Morgan fingerprint density at radius 3 is 2.40 bits per heavy atom. The molecule has 0 heterocycles. The second-order valence-electron chi connectivity index (χ2n) is 2.80. The van der Waals surface area contributed by atoms with Crippen LogP contribution in [0.3, 0.4) is 0 Å². The predicted octanol–water partition coefficient (Wildman–Crippen LogP) is 3.12. The number of benzene rings is 1. The van der Waals surface area contributed by atoms with Crippen molar-refractivity contribution in [3.8, 4) is 0 Å². The summed E-state index contributed by atoms with van der Waals surface area (Å²) in [7, 11) is 0. The van der Waals surface area contributed by atoms with Gasteiger partial charge < -0.3 is 0 Å². The monoisotopic (exact) mass is 219 g/mol. The summed E-state index contributed by atoms with van der Waals surface area (Å²) >= 11 is 0. The lowest BCUT2D eigenvalue weighted by Gasteiger charge is -2.10. The van der Waals surface area contributed by atoms with Crippen LogP contribution in [0, 0.1) is 12.7 Å². The maximum absolute atomic E-state index is 13.0. The first-order valence-electron chi connectivity index (χ1n) is 3.81. The third kappa shape index (κ3) is 2.41. The number of nitrogens with zero attached hydrogens (tertiary/aromatic N) is 1. The number of rotatable bonds is 1. The van der Waals surface area contributed by atoms with Gasteiger partial charge in [0.2, 0.25) is 6.08 Å². The third-order valence-corrected chi connectivity index (χ3v) is 1.81. The van der Waals surface area contributed by atoms with Gasteiger partial charge in [-0.1, -0.05) is 0 Å². The fourth-order valence-corrected chi connectivity index (χ4v) is 1.08. The number of hydrogen-bond acceptors (Lipinski definition) is 2. The fourth-order valence-electron chi connectivity index (χ4n) is 1.08. The Morgan fingerprint density at radius 1 is 1.33 bits per heavy atom. The average Bonchev–Trinajstić information content (AvgIpc) is 2.09. The molecule has 0 aliphatic heterocycles. The molecule has 0 saturated carbocycles. The van der Waals surface area contributed by atoms with Crippen molar-refractivity contribution < 1.29 is 22.4 Å². The van der Waals surface area contributed by atoms with Crippen molar-refractivity contribution in [2.24, 2.45) is 4.99 Å². The van der Waals surface area contributed by atoms with Crippen LogP contribution in [0.25, 0.3) is 0 Å². The first-order chi connectivity index (χ1) is 6.86. The summed E-state index contributed by atoms with van der Waals surface area (Å²) in [6.07, 6.45) is -3.62. The highest BCUT2D eigenvalue weighted by Gasteiger charge is 2.33. The van der Waals surface area contributed by atoms with Crippen molar-refractivity contribution in [1.82, 2.24) is 0 Å². The molecular weight excluding hydrogens is 214 g/mol. The van der Waals surface area contributed by atoms with Crippen LogP contribution in [0.15, 0.2) is 17.1 Å². The smallest absolute Gasteiger partial charge is 0.211 e. The van der Waals surface area contributed by atoms with Gasteiger partial charge in [0.1, 0.15) is 5.82 Å². The van der Waals surface area contributed by atoms with Crippen LogP contribution in [-0.4, -0.2) is 6.08 Å². The first-order valence-corrected chi connectivity index (χ1v) is 3.81. The zero-order valence-electron chi connectivity index (χ0n) is 7.52. The molecule has 0 amide bonds. The molecule has 80 valence electrons. The van der Waals surface area contributed by atoms with Crippen LogP contribution in [0.4, 0.5) is 23.2 Å². The Balaban J connectivity index is 3.44. The molecule has 0 fully saturated rings. The van der Waals surface area contributed by atoms with E-state index in [1.165, 1.54) is 0 Å². The van der Waals surface area contributed by atoms with Crippen LogP contribution in [0.1, 0.15) is 11.1 Å². The fraction of sp³-hybridized carbons (Fsp3) is 0.222. The number of isocyanates is 1. The largest absolute Gasteiger partial charge is 0.416 e. The number of alkyl halides is 3. The van der Waals surface area contributed by atoms with Crippen LogP contribution in [-0.2, 0) is 11.0 Å². The van der Waals surface area contributed by atoms with E-state index in [4.69, 9.17) is 0 Å². The molecule has 0 aliphatic rings. The lowest BCUT2D eigenvalue weighted by atomic mass is 10.1. The SMILES string of the molecule is Cc1c(F)cc(N=C=O)cc1C(F)(F)F. The maximum Gasteiger partial charge on any atom is 0.416 e. The summed E-state index contributed by atoms with van der Waals surface area (Å²) in [5.41, 5.74) is -2.07. The van der Waals surface area contributed by atoms with E-state index in [1.54, 1.807) is 0 Å². The van der Waals surface area contributed by atoms with Gasteiger partial charge in [-0.25, -0.2) is 9.18 Å². The summed E-state index contributed by atoms with van der Waals surface area (Å²) in [6.45, 7) is 1.01. The molecule has 0 N–H and O–H groups in total. The van der Waals surface area contributed by atoms with E-state index in [-0.39, 0.29) is 0 Å². The highest BCUT2D eigenvalue weighted by atomic mass is 19.4. The van der Waals surface area contributed by atoms with Gasteiger partial charge in [0.25, 0.3) is 0 Å². The average molecular weight is 219 g/mol. The summed E-state index contributed by atoms with van der Waals surface area (Å²) in [5, 5.41) is 0. The third-order valence-electron chi connectivity index (χ3n) is 1.81. The summed E-state index contributed by atoms with van der Waals surface area (Å²) < 4.78 is 50.0. The van der Waals surface area contributed by atoms with E-state index in [0.29, 0.717) is 6.07 Å². The second-order valence-corrected chi connectivity index (χ2v) is 2.80. The van der Waals surface area contributed by atoms with Gasteiger partial charge >= 0.3 is 6.18 Å². The standard InChI is InChI=1S/C9H5F4NO/c1-5-7(9(11,12)13)2-6(14-4-15)3-8(5)10/h2-3H,1H3. The van der Waals surface area contributed by atoms with Crippen LogP contribution in [0.5, 0.6) is 0 Å². The summed E-state index contributed by atoms with van der Waals surface area (Å²) in [6, 6.07) is 1.35. The van der Waals surface area contributed by atoms with E-state index >= 15 is 0 Å². The van der Waals surface area contributed by atoms with Crippen molar-refractivity contribution >= 4 is 11.8 Å². The molecule has 1 rings (SSSR count). The molecule has 0 bridgehead atoms. The summed E-state index contributed by atoms with van der Waals surface area (Å²) in [4.78, 5) is 12.8. The molecule has 0 aliphatic carbocycles. The molecule has 0 radical (unpaired) electrons. The molecule has 2 nitrogen and oxygen atoms in total. The molecule has 1 aromatic rings. The number of hydrogen-bond donors (Lipinski definition) is 0. The van der Waals surface area contributed by atoms with Gasteiger partial charge in [-0.05, 0) is 18.6 Å². The molecule has 1 aromatic carbocycles. The number of halogens is 4. The second kappa shape index (κ2) is 3.82. The molecule has 0 unspecified atom stereocenters. The molecule has 0 atom stereocenters. The van der Waals surface area contributed by atoms with Gasteiger partial charge in [-0.2, -0.15) is 18.2 Å². The predicted molar refractivity (Wildman–Crippen MR) is 43.9 cm³/mol.